The molecule has 0 heterocycles. The molecular formula is C13H19NO3. The Morgan fingerprint density at radius 2 is 2.18 bits per heavy atom. The Bertz CT molecular complexity index is 381. The minimum Gasteiger partial charge on any atom is -0.493 e. The van der Waals surface area contributed by atoms with Crippen LogP contribution in [0.2, 0.25) is 0 Å². The Labute approximate surface area is 101 Å². The molecule has 1 fully saturated rings. The third-order valence-corrected chi connectivity index (χ3v) is 3.16. The maximum Gasteiger partial charge on any atom is 0.162 e. The van der Waals surface area contributed by atoms with Crippen LogP contribution in [-0.2, 0) is 6.54 Å². The van der Waals surface area contributed by atoms with Crippen molar-refractivity contribution in [3.05, 3.63) is 23.8 Å². The molecule has 0 aliphatic heterocycles. The summed E-state index contributed by atoms with van der Waals surface area (Å²) in [6, 6.07) is 5.64. The van der Waals surface area contributed by atoms with Gasteiger partial charge in [-0.1, -0.05) is 6.07 Å². The van der Waals surface area contributed by atoms with E-state index in [2.05, 4.69) is 0 Å². The Morgan fingerprint density at radius 3 is 2.76 bits per heavy atom. The van der Waals surface area contributed by atoms with Gasteiger partial charge in [0.2, 0.25) is 0 Å². The summed E-state index contributed by atoms with van der Waals surface area (Å²) >= 11 is 0. The van der Waals surface area contributed by atoms with Crippen LogP contribution in [0.25, 0.3) is 0 Å². The van der Waals surface area contributed by atoms with E-state index in [9.17, 15) is 5.11 Å². The molecule has 0 bridgehead atoms. The number of hydrogen-bond acceptors (Lipinski definition) is 4. The Kier molecular flexibility index (Phi) is 3.86. The van der Waals surface area contributed by atoms with Gasteiger partial charge in [-0.3, -0.25) is 0 Å². The monoisotopic (exact) mass is 237 g/mol. The average Bonchev–Trinajstić information content (AvgIpc) is 2.75. The van der Waals surface area contributed by atoms with E-state index in [1.807, 2.05) is 18.2 Å². The first-order valence-corrected chi connectivity index (χ1v) is 5.96. The highest BCUT2D eigenvalue weighted by Gasteiger charge is 2.27. The summed E-state index contributed by atoms with van der Waals surface area (Å²) in [5.41, 5.74) is 6.59. The van der Waals surface area contributed by atoms with Crippen LogP contribution in [0.1, 0.15) is 24.8 Å². The van der Waals surface area contributed by atoms with E-state index in [1.54, 1.807) is 7.11 Å². The van der Waals surface area contributed by atoms with E-state index in [-0.39, 0.29) is 12.2 Å². The molecule has 2 atom stereocenters. The van der Waals surface area contributed by atoms with Crippen molar-refractivity contribution in [1.29, 1.82) is 0 Å². The molecule has 4 nitrogen and oxygen atoms in total. The molecule has 2 unspecified atom stereocenters. The summed E-state index contributed by atoms with van der Waals surface area (Å²) in [5.74, 6) is 1.35. The van der Waals surface area contributed by atoms with Crippen LogP contribution < -0.4 is 15.2 Å². The van der Waals surface area contributed by atoms with Gasteiger partial charge in [-0.05, 0) is 37.0 Å². The van der Waals surface area contributed by atoms with Gasteiger partial charge >= 0.3 is 0 Å². The number of methoxy groups -OCH3 is 1. The standard InChI is InChI=1S/C13H19NO3/c1-16-12-6-5-9(8-14)7-13(12)17-11-4-2-3-10(11)15/h5-7,10-11,15H,2-4,8,14H2,1H3. The maximum atomic E-state index is 9.75. The number of aliphatic hydroxyl groups excluding tert-OH is 1. The van der Waals surface area contributed by atoms with Crippen molar-refractivity contribution in [2.24, 2.45) is 5.73 Å². The van der Waals surface area contributed by atoms with Crippen molar-refractivity contribution in [2.45, 2.75) is 38.0 Å². The zero-order valence-corrected chi connectivity index (χ0v) is 10.1. The molecule has 0 amide bonds. The number of hydrogen-bond donors (Lipinski definition) is 2. The lowest BCUT2D eigenvalue weighted by atomic mass is 10.2. The fourth-order valence-corrected chi connectivity index (χ4v) is 2.15. The van der Waals surface area contributed by atoms with Gasteiger partial charge in [0.15, 0.2) is 11.5 Å². The lowest BCUT2D eigenvalue weighted by molar-refractivity contribution is 0.0586. The average molecular weight is 237 g/mol. The second-order valence-corrected chi connectivity index (χ2v) is 4.34. The van der Waals surface area contributed by atoms with Crippen molar-refractivity contribution in [2.75, 3.05) is 7.11 Å². The lowest BCUT2D eigenvalue weighted by Gasteiger charge is -2.19. The molecule has 1 aliphatic carbocycles. The number of ether oxygens (including phenoxy) is 2. The van der Waals surface area contributed by atoms with Crippen LogP contribution in [0.4, 0.5) is 0 Å². The lowest BCUT2D eigenvalue weighted by Crippen LogP contribution is -2.25. The molecule has 0 saturated heterocycles. The van der Waals surface area contributed by atoms with Crippen molar-refractivity contribution < 1.29 is 14.6 Å². The van der Waals surface area contributed by atoms with E-state index < -0.39 is 0 Å². The molecule has 1 aliphatic rings. The van der Waals surface area contributed by atoms with Crippen LogP contribution in [0, 0.1) is 0 Å². The molecule has 4 heteroatoms. The van der Waals surface area contributed by atoms with Gasteiger partial charge in [0.05, 0.1) is 13.2 Å². The summed E-state index contributed by atoms with van der Waals surface area (Å²) in [6.45, 7) is 0.466. The van der Waals surface area contributed by atoms with Crippen LogP contribution in [-0.4, -0.2) is 24.4 Å². The molecule has 0 radical (unpaired) electrons. The van der Waals surface area contributed by atoms with Crippen LogP contribution >= 0.6 is 0 Å². The predicted molar refractivity (Wildman–Crippen MR) is 65.2 cm³/mol. The van der Waals surface area contributed by atoms with Gasteiger partial charge in [-0.15, -0.1) is 0 Å². The first-order chi connectivity index (χ1) is 8.24. The fourth-order valence-electron chi connectivity index (χ4n) is 2.15. The maximum absolute atomic E-state index is 9.75. The molecule has 1 aromatic rings. The highest BCUT2D eigenvalue weighted by molar-refractivity contribution is 5.43. The van der Waals surface area contributed by atoms with Gasteiger partial charge in [-0.25, -0.2) is 0 Å². The molecule has 94 valence electrons. The van der Waals surface area contributed by atoms with Crippen LogP contribution in [0.5, 0.6) is 11.5 Å². The van der Waals surface area contributed by atoms with E-state index in [0.29, 0.717) is 18.0 Å². The number of rotatable bonds is 4. The Hall–Kier alpha value is -1.26. The van der Waals surface area contributed by atoms with Crippen molar-refractivity contribution in [3.8, 4) is 11.5 Å². The summed E-state index contributed by atoms with van der Waals surface area (Å²) in [4.78, 5) is 0. The smallest absolute Gasteiger partial charge is 0.162 e. The van der Waals surface area contributed by atoms with E-state index in [1.165, 1.54) is 0 Å². The molecule has 2 rings (SSSR count). The highest BCUT2D eigenvalue weighted by atomic mass is 16.5. The molecule has 1 saturated carbocycles. The van der Waals surface area contributed by atoms with Gasteiger partial charge in [0.1, 0.15) is 6.10 Å². The van der Waals surface area contributed by atoms with Crippen LogP contribution in [0.15, 0.2) is 18.2 Å². The number of benzene rings is 1. The first kappa shape index (κ1) is 12.2. The fraction of sp³-hybridized carbons (Fsp3) is 0.538. The van der Waals surface area contributed by atoms with Gasteiger partial charge in [-0.2, -0.15) is 0 Å². The topological polar surface area (TPSA) is 64.7 Å². The summed E-state index contributed by atoms with van der Waals surface area (Å²) < 4.78 is 11.1. The normalized spacial score (nSPS) is 23.7. The number of nitrogens with two attached hydrogens (primary N) is 1. The number of aliphatic hydroxyl groups is 1. The van der Waals surface area contributed by atoms with Crippen LogP contribution in [0.3, 0.4) is 0 Å². The van der Waals surface area contributed by atoms with E-state index in [0.717, 1.165) is 24.8 Å². The first-order valence-electron chi connectivity index (χ1n) is 5.96. The van der Waals surface area contributed by atoms with E-state index in [4.69, 9.17) is 15.2 Å². The molecule has 3 N–H and O–H groups in total. The quantitative estimate of drug-likeness (QED) is 0.831. The third-order valence-electron chi connectivity index (χ3n) is 3.16. The zero-order chi connectivity index (χ0) is 12.3. The Morgan fingerprint density at radius 1 is 1.35 bits per heavy atom. The molecule has 0 aromatic heterocycles. The zero-order valence-electron chi connectivity index (χ0n) is 10.1. The summed E-state index contributed by atoms with van der Waals surface area (Å²) in [5, 5.41) is 9.75. The minimum atomic E-state index is -0.374. The van der Waals surface area contributed by atoms with Gasteiger partial charge in [0.25, 0.3) is 0 Å². The molecular weight excluding hydrogens is 218 g/mol. The Balaban J connectivity index is 2.17. The van der Waals surface area contributed by atoms with Gasteiger partial charge < -0.3 is 20.3 Å². The van der Waals surface area contributed by atoms with E-state index >= 15 is 0 Å². The summed E-state index contributed by atoms with van der Waals surface area (Å²) in [7, 11) is 1.61. The largest absolute Gasteiger partial charge is 0.493 e. The minimum absolute atomic E-state index is 0.128. The predicted octanol–water partition coefficient (Wildman–Crippen LogP) is 1.45. The SMILES string of the molecule is COc1ccc(CN)cc1OC1CCCC1O. The molecule has 1 aromatic carbocycles. The third kappa shape index (κ3) is 2.70. The van der Waals surface area contributed by atoms with Crippen molar-refractivity contribution >= 4 is 0 Å². The molecule has 0 spiro atoms. The van der Waals surface area contributed by atoms with Gasteiger partial charge in [0, 0.05) is 6.54 Å². The highest BCUT2D eigenvalue weighted by Crippen LogP contribution is 2.32. The second-order valence-electron chi connectivity index (χ2n) is 4.34. The molecule has 17 heavy (non-hydrogen) atoms. The summed E-state index contributed by atoms with van der Waals surface area (Å²) in [6.07, 6.45) is 2.20. The van der Waals surface area contributed by atoms with Crippen molar-refractivity contribution in [3.63, 3.8) is 0 Å². The second kappa shape index (κ2) is 5.38. The van der Waals surface area contributed by atoms with Crippen molar-refractivity contribution in [1.82, 2.24) is 0 Å².